The van der Waals surface area contributed by atoms with Crippen LogP contribution in [0.15, 0.2) is 34.5 Å². The van der Waals surface area contributed by atoms with Gasteiger partial charge in [-0.05, 0) is 30.2 Å². The van der Waals surface area contributed by atoms with Crippen molar-refractivity contribution in [1.82, 2.24) is 4.98 Å². The van der Waals surface area contributed by atoms with E-state index in [-0.39, 0.29) is 0 Å². The summed E-state index contributed by atoms with van der Waals surface area (Å²) in [5.41, 5.74) is 1.55. The fourth-order valence-corrected chi connectivity index (χ4v) is 1.61. The van der Waals surface area contributed by atoms with Crippen LogP contribution in [-0.4, -0.2) is 11.3 Å². The lowest BCUT2D eigenvalue weighted by Crippen LogP contribution is -1.82. The maximum absolute atomic E-state index is 10.8. The molecule has 0 radical (unpaired) electrons. The molecule has 0 aliphatic carbocycles. The van der Waals surface area contributed by atoms with E-state index in [1.807, 2.05) is 19.1 Å². The van der Waals surface area contributed by atoms with Crippen molar-refractivity contribution >= 4 is 23.3 Å². The lowest BCUT2D eigenvalue weighted by molar-refractivity contribution is -0.105. The van der Waals surface area contributed by atoms with E-state index in [0.29, 0.717) is 5.76 Å². The number of aldehydes is 1. The zero-order valence-corrected chi connectivity index (χ0v) is 9.14. The second-order valence-electron chi connectivity index (χ2n) is 3.65. The fraction of sp³-hybridized carbons (Fsp3) is 0.231. The molecule has 2 heterocycles. The predicted molar refractivity (Wildman–Crippen MR) is 63.0 cm³/mol. The third-order valence-electron chi connectivity index (χ3n) is 2.35. The van der Waals surface area contributed by atoms with Crippen LogP contribution >= 0.6 is 0 Å². The van der Waals surface area contributed by atoms with Gasteiger partial charge in [-0.1, -0.05) is 13.3 Å². The lowest BCUT2D eigenvalue weighted by Gasteiger charge is -1.93. The van der Waals surface area contributed by atoms with E-state index in [2.05, 4.69) is 4.98 Å². The molecule has 0 aliphatic rings. The van der Waals surface area contributed by atoms with Crippen LogP contribution in [0.1, 0.15) is 25.5 Å². The second-order valence-corrected chi connectivity index (χ2v) is 3.65. The molecule has 2 aromatic rings. The number of hydrogen-bond acceptors (Lipinski definition) is 3. The Balaban J connectivity index is 2.36. The monoisotopic (exact) mass is 215 g/mol. The average Bonchev–Trinajstić information content (AvgIpc) is 2.70. The van der Waals surface area contributed by atoms with E-state index in [1.54, 1.807) is 18.5 Å². The molecule has 16 heavy (non-hydrogen) atoms. The van der Waals surface area contributed by atoms with Crippen molar-refractivity contribution in [3.63, 3.8) is 0 Å². The Morgan fingerprint density at radius 1 is 1.56 bits per heavy atom. The molecule has 3 nitrogen and oxygen atoms in total. The van der Waals surface area contributed by atoms with Crippen LogP contribution in [0.3, 0.4) is 0 Å². The number of fused-ring (bicyclic) bond motifs is 1. The Morgan fingerprint density at radius 2 is 2.44 bits per heavy atom. The average molecular weight is 215 g/mol. The number of allylic oxidation sites excluding steroid dienone is 1. The smallest absolute Gasteiger partial charge is 0.146 e. The van der Waals surface area contributed by atoms with E-state index in [0.717, 1.165) is 35.7 Å². The van der Waals surface area contributed by atoms with Crippen molar-refractivity contribution < 1.29 is 9.21 Å². The zero-order valence-electron chi connectivity index (χ0n) is 9.14. The third-order valence-corrected chi connectivity index (χ3v) is 2.35. The van der Waals surface area contributed by atoms with Crippen molar-refractivity contribution in [3.05, 3.63) is 35.9 Å². The van der Waals surface area contributed by atoms with Crippen LogP contribution in [0.25, 0.3) is 17.0 Å². The molecule has 0 aromatic carbocycles. The van der Waals surface area contributed by atoms with Gasteiger partial charge in [0.05, 0.1) is 0 Å². The molecule has 82 valence electrons. The zero-order chi connectivity index (χ0) is 11.4. The number of aromatic nitrogens is 1. The Morgan fingerprint density at radius 3 is 3.12 bits per heavy atom. The first-order valence-corrected chi connectivity index (χ1v) is 5.33. The van der Waals surface area contributed by atoms with Gasteiger partial charge in [-0.15, -0.1) is 0 Å². The van der Waals surface area contributed by atoms with Crippen LogP contribution in [-0.2, 0) is 4.79 Å². The summed E-state index contributed by atoms with van der Waals surface area (Å²) < 4.78 is 5.57. The van der Waals surface area contributed by atoms with Crippen molar-refractivity contribution in [2.45, 2.75) is 19.8 Å². The van der Waals surface area contributed by atoms with Gasteiger partial charge in [0, 0.05) is 17.8 Å². The summed E-state index contributed by atoms with van der Waals surface area (Å²) in [6.07, 6.45) is 7.83. The van der Waals surface area contributed by atoms with E-state index >= 15 is 0 Å². The van der Waals surface area contributed by atoms with Gasteiger partial charge < -0.3 is 4.42 Å². The Labute approximate surface area is 93.8 Å². The van der Waals surface area contributed by atoms with Gasteiger partial charge in [0.25, 0.3) is 0 Å². The normalized spacial score (nSPS) is 11.9. The van der Waals surface area contributed by atoms with Gasteiger partial charge in [0.15, 0.2) is 0 Å². The molecular weight excluding hydrogens is 202 g/mol. The molecule has 0 bridgehead atoms. The van der Waals surface area contributed by atoms with Gasteiger partial charge in [-0.3, -0.25) is 9.78 Å². The Bertz CT molecular complexity index is 492. The van der Waals surface area contributed by atoms with E-state index in [4.69, 9.17) is 4.42 Å². The highest BCUT2D eigenvalue weighted by atomic mass is 16.3. The number of carbonyl (C=O) groups excluding carboxylic acids is 1. The molecule has 0 atom stereocenters. The number of hydrogen-bond donors (Lipinski definition) is 0. The summed E-state index contributed by atoms with van der Waals surface area (Å²) in [6.45, 7) is 2.04. The maximum Gasteiger partial charge on any atom is 0.146 e. The van der Waals surface area contributed by atoms with Crippen LogP contribution < -0.4 is 0 Å². The molecule has 0 unspecified atom stereocenters. The number of pyridine rings is 1. The van der Waals surface area contributed by atoms with Crippen molar-refractivity contribution in [3.8, 4) is 0 Å². The molecular formula is C13H13NO2. The van der Waals surface area contributed by atoms with E-state index in [1.165, 1.54) is 0 Å². The Hall–Kier alpha value is -1.90. The summed E-state index contributed by atoms with van der Waals surface area (Å²) in [7, 11) is 0. The molecule has 0 saturated heterocycles. The summed E-state index contributed by atoms with van der Waals surface area (Å²) >= 11 is 0. The molecule has 0 saturated carbocycles. The summed E-state index contributed by atoms with van der Waals surface area (Å²) in [4.78, 5) is 14.8. The molecule has 0 N–H and O–H groups in total. The molecule has 2 rings (SSSR count). The first kappa shape index (κ1) is 10.6. The summed E-state index contributed by atoms with van der Waals surface area (Å²) in [5.74, 6) is 0.707. The minimum absolute atomic E-state index is 0.707. The van der Waals surface area contributed by atoms with Gasteiger partial charge in [-0.2, -0.15) is 0 Å². The SMILES string of the molecule is CCC/C(C=O)=C\c1cc2cnccc2o1. The largest absolute Gasteiger partial charge is 0.457 e. The number of furan rings is 1. The first-order valence-electron chi connectivity index (χ1n) is 5.33. The van der Waals surface area contributed by atoms with E-state index in [9.17, 15) is 4.79 Å². The van der Waals surface area contributed by atoms with Gasteiger partial charge in [-0.25, -0.2) is 0 Å². The number of carbonyl (C=O) groups is 1. The van der Waals surface area contributed by atoms with Crippen LogP contribution in [0, 0.1) is 0 Å². The predicted octanol–water partition coefficient (Wildman–Crippen LogP) is 3.21. The standard InChI is InChI=1S/C13H13NO2/c1-2-3-10(9-15)6-12-7-11-8-14-5-4-13(11)16-12/h4-9H,2-3H2,1H3/b10-6+. The molecule has 0 amide bonds. The number of rotatable bonds is 4. The fourth-order valence-electron chi connectivity index (χ4n) is 1.61. The van der Waals surface area contributed by atoms with E-state index < -0.39 is 0 Å². The summed E-state index contributed by atoms with van der Waals surface area (Å²) in [5, 5.41) is 0.954. The molecule has 2 aromatic heterocycles. The van der Waals surface area contributed by atoms with Crippen molar-refractivity contribution in [2.75, 3.05) is 0 Å². The van der Waals surface area contributed by atoms with Crippen LogP contribution in [0.2, 0.25) is 0 Å². The van der Waals surface area contributed by atoms with Crippen LogP contribution in [0.4, 0.5) is 0 Å². The van der Waals surface area contributed by atoms with Gasteiger partial charge >= 0.3 is 0 Å². The molecule has 0 fully saturated rings. The quantitative estimate of drug-likeness (QED) is 0.581. The maximum atomic E-state index is 10.8. The molecule has 0 spiro atoms. The lowest BCUT2D eigenvalue weighted by atomic mass is 10.1. The van der Waals surface area contributed by atoms with Crippen molar-refractivity contribution in [2.24, 2.45) is 0 Å². The third kappa shape index (κ3) is 2.19. The number of nitrogens with zero attached hydrogens (tertiary/aromatic N) is 1. The highest BCUT2D eigenvalue weighted by Gasteiger charge is 2.02. The summed E-state index contributed by atoms with van der Waals surface area (Å²) in [6, 6.07) is 3.70. The highest BCUT2D eigenvalue weighted by Crippen LogP contribution is 2.20. The minimum atomic E-state index is 0.707. The van der Waals surface area contributed by atoms with Gasteiger partial charge in [0.1, 0.15) is 17.6 Å². The van der Waals surface area contributed by atoms with Crippen molar-refractivity contribution in [1.29, 1.82) is 0 Å². The highest BCUT2D eigenvalue weighted by molar-refractivity contribution is 5.84. The topological polar surface area (TPSA) is 43.1 Å². The molecule has 0 aliphatic heterocycles. The minimum Gasteiger partial charge on any atom is -0.457 e. The first-order chi connectivity index (χ1) is 7.83. The second kappa shape index (κ2) is 4.75. The Kier molecular flexibility index (Phi) is 3.15. The van der Waals surface area contributed by atoms with Gasteiger partial charge in [0.2, 0.25) is 0 Å². The molecule has 3 heteroatoms. The van der Waals surface area contributed by atoms with Crippen LogP contribution in [0.5, 0.6) is 0 Å².